The molecule has 3 rings (SSSR count). The van der Waals surface area contributed by atoms with Gasteiger partial charge >= 0.3 is 5.97 Å². The second-order valence-electron chi connectivity index (χ2n) is 7.46. The number of aromatic carboxylic acids is 1. The van der Waals surface area contributed by atoms with Crippen molar-refractivity contribution >= 4 is 11.9 Å². The molecule has 0 radical (unpaired) electrons. The fourth-order valence-corrected chi connectivity index (χ4v) is 3.49. The van der Waals surface area contributed by atoms with E-state index in [0.29, 0.717) is 18.6 Å². The summed E-state index contributed by atoms with van der Waals surface area (Å²) in [7, 11) is 1.75. The standard InChI is InChI=1S/C20H28N6O3/c1-25(19(27)14-26-13-18(20(28)29)23-24-26)11-7-3-6-10-16-12-17(22-21-16)15-8-4-2-5-9-15/h2,4-5,8-9,13,16-17,21-22H,3,6-7,10-12,14H2,1H3,(H,28,29). The van der Waals surface area contributed by atoms with Crippen molar-refractivity contribution in [2.24, 2.45) is 0 Å². The molecular formula is C20H28N6O3. The van der Waals surface area contributed by atoms with Crippen molar-refractivity contribution < 1.29 is 14.7 Å². The molecule has 9 nitrogen and oxygen atoms in total. The van der Waals surface area contributed by atoms with E-state index in [0.717, 1.165) is 32.1 Å². The van der Waals surface area contributed by atoms with Crippen LogP contribution >= 0.6 is 0 Å². The van der Waals surface area contributed by atoms with Crippen molar-refractivity contribution in [3.63, 3.8) is 0 Å². The quantitative estimate of drug-likeness (QED) is 0.519. The van der Waals surface area contributed by atoms with Gasteiger partial charge in [0.05, 0.1) is 6.20 Å². The second kappa shape index (κ2) is 10.1. The summed E-state index contributed by atoms with van der Waals surface area (Å²) in [5, 5.41) is 16.0. The van der Waals surface area contributed by atoms with Gasteiger partial charge in [0, 0.05) is 25.7 Å². The van der Waals surface area contributed by atoms with Gasteiger partial charge in [0.25, 0.3) is 0 Å². The number of benzene rings is 1. The van der Waals surface area contributed by atoms with Gasteiger partial charge in [-0.05, 0) is 24.8 Å². The van der Waals surface area contributed by atoms with E-state index in [1.54, 1.807) is 11.9 Å². The molecule has 1 fully saturated rings. The Morgan fingerprint density at radius 2 is 2.00 bits per heavy atom. The smallest absolute Gasteiger partial charge is 0.358 e. The zero-order valence-electron chi connectivity index (χ0n) is 16.6. The van der Waals surface area contributed by atoms with Crippen molar-refractivity contribution in [3.8, 4) is 0 Å². The van der Waals surface area contributed by atoms with Gasteiger partial charge in [0.2, 0.25) is 5.91 Å². The summed E-state index contributed by atoms with van der Waals surface area (Å²) in [5.41, 5.74) is 7.91. The largest absolute Gasteiger partial charge is 0.476 e. The van der Waals surface area contributed by atoms with E-state index in [2.05, 4.69) is 45.4 Å². The first-order valence-electron chi connectivity index (χ1n) is 9.96. The van der Waals surface area contributed by atoms with Gasteiger partial charge in [-0.2, -0.15) is 0 Å². The fraction of sp³-hybridized carbons (Fsp3) is 0.500. The Hall–Kier alpha value is -2.78. The molecule has 1 aromatic carbocycles. The van der Waals surface area contributed by atoms with Crippen LogP contribution < -0.4 is 10.9 Å². The molecule has 0 spiro atoms. The summed E-state index contributed by atoms with van der Waals surface area (Å²) >= 11 is 0. The van der Waals surface area contributed by atoms with Gasteiger partial charge in [-0.25, -0.2) is 9.48 Å². The van der Waals surface area contributed by atoms with Gasteiger partial charge in [-0.3, -0.25) is 15.6 Å². The number of likely N-dealkylation sites (N-methyl/N-ethyl adjacent to an activating group) is 1. The Kier molecular flexibility index (Phi) is 7.31. The normalized spacial score (nSPS) is 18.7. The predicted molar refractivity (Wildman–Crippen MR) is 107 cm³/mol. The van der Waals surface area contributed by atoms with Crippen molar-refractivity contribution in [1.29, 1.82) is 0 Å². The molecule has 0 aliphatic carbocycles. The summed E-state index contributed by atoms with van der Waals surface area (Å²) in [6, 6.07) is 11.3. The van der Waals surface area contributed by atoms with Crippen molar-refractivity contribution in [1.82, 2.24) is 30.7 Å². The molecule has 2 aromatic rings. The van der Waals surface area contributed by atoms with Crippen LogP contribution in [-0.4, -0.2) is 56.5 Å². The van der Waals surface area contributed by atoms with Crippen molar-refractivity contribution in [2.45, 2.75) is 50.7 Å². The van der Waals surface area contributed by atoms with Crippen LogP contribution in [0, 0.1) is 0 Å². The summed E-state index contributed by atoms with van der Waals surface area (Å²) in [5.74, 6) is -1.27. The Balaban J connectivity index is 1.29. The van der Waals surface area contributed by atoms with Crippen LogP contribution in [0.1, 0.15) is 54.2 Å². The van der Waals surface area contributed by atoms with Crippen molar-refractivity contribution in [2.75, 3.05) is 13.6 Å². The maximum absolute atomic E-state index is 12.2. The van der Waals surface area contributed by atoms with Gasteiger partial charge in [0.1, 0.15) is 6.54 Å². The lowest BCUT2D eigenvalue weighted by atomic mass is 9.99. The number of hydrogen-bond acceptors (Lipinski definition) is 6. The Labute approximate surface area is 170 Å². The SMILES string of the molecule is CN(CCCCCC1CC(c2ccccc2)NN1)C(=O)Cn1cc(C(=O)O)nn1. The highest BCUT2D eigenvalue weighted by Crippen LogP contribution is 2.24. The third-order valence-electron chi connectivity index (χ3n) is 5.21. The maximum atomic E-state index is 12.2. The lowest BCUT2D eigenvalue weighted by molar-refractivity contribution is -0.130. The van der Waals surface area contributed by atoms with Crippen molar-refractivity contribution in [3.05, 3.63) is 47.8 Å². The second-order valence-corrected chi connectivity index (χ2v) is 7.46. The minimum absolute atomic E-state index is 0.00464. The fourth-order valence-electron chi connectivity index (χ4n) is 3.49. The first-order valence-corrected chi connectivity index (χ1v) is 9.96. The number of nitrogens with one attached hydrogen (secondary N) is 2. The number of hydrazine groups is 1. The first-order chi connectivity index (χ1) is 14.0. The molecule has 2 unspecified atom stereocenters. The van der Waals surface area contributed by atoms with E-state index in [4.69, 9.17) is 5.11 Å². The molecule has 1 aromatic heterocycles. The monoisotopic (exact) mass is 400 g/mol. The van der Waals surface area contributed by atoms with Crippen LogP contribution in [-0.2, 0) is 11.3 Å². The molecule has 9 heteroatoms. The molecule has 1 saturated heterocycles. The minimum atomic E-state index is -1.15. The third kappa shape index (κ3) is 6.10. The maximum Gasteiger partial charge on any atom is 0.358 e. The molecule has 3 N–H and O–H groups in total. The van der Waals surface area contributed by atoms with E-state index in [1.807, 2.05) is 6.07 Å². The molecule has 2 atom stereocenters. The van der Waals surface area contributed by atoms with Gasteiger partial charge in [0.15, 0.2) is 5.69 Å². The van der Waals surface area contributed by atoms with Crippen LogP contribution in [0.4, 0.5) is 0 Å². The summed E-state index contributed by atoms with van der Waals surface area (Å²) < 4.78 is 1.25. The highest BCUT2D eigenvalue weighted by molar-refractivity contribution is 5.84. The number of amides is 1. The van der Waals surface area contributed by atoms with Crippen LogP contribution in [0.25, 0.3) is 0 Å². The average molecular weight is 400 g/mol. The molecule has 1 aliphatic rings. The Bertz CT molecular complexity index is 810. The minimum Gasteiger partial charge on any atom is -0.476 e. The lowest BCUT2D eigenvalue weighted by Gasteiger charge is -2.17. The summed E-state index contributed by atoms with van der Waals surface area (Å²) in [6.45, 7) is 0.664. The van der Waals surface area contributed by atoms with E-state index in [9.17, 15) is 9.59 Å². The third-order valence-corrected chi connectivity index (χ3v) is 5.21. The zero-order valence-corrected chi connectivity index (χ0v) is 16.6. The number of carbonyl (C=O) groups is 2. The number of carboxylic acids is 1. The molecule has 0 bridgehead atoms. The van der Waals surface area contributed by atoms with Gasteiger partial charge < -0.3 is 10.0 Å². The highest BCUT2D eigenvalue weighted by Gasteiger charge is 2.24. The average Bonchev–Trinajstić information content (AvgIpc) is 3.38. The molecule has 1 amide bonds. The van der Waals surface area contributed by atoms with Crippen LogP contribution in [0.3, 0.4) is 0 Å². The van der Waals surface area contributed by atoms with E-state index in [-0.39, 0.29) is 18.1 Å². The number of rotatable bonds is 10. The zero-order chi connectivity index (χ0) is 20.6. The number of nitrogens with zero attached hydrogens (tertiary/aromatic N) is 4. The highest BCUT2D eigenvalue weighted by atomic mass is 16.4. The summed E-state index contributed by atoms with van der Waals surface area (Å²) in [4.78, 5) is 24.7. The van der Waals surface area contributed by atoms with Crippen LogP contribution in [0.5, 0.6) is 0 Å². The summed E-state index contributed by atoms with van der Waals surface area (Å²) in [6.07, 6.45) is 6.54. The topological polar surface area (TPSA) is 112 Å². The molecular weight excluding hydrogens is 372 g/mol. The predicted octanol–water partition coefficient (Wildman–Crippen LogP) is 1.60. The molecule has 156 valence electrons. The number of carboxylic acid groups (broad SMARTS) is 1. The van der Waals surface area contributed by atoms with Gasteiger partial charge in [-0.1, -0.05) is 48.4 Å². The number of aromatic nitrogens is 3. The Morgan fingerprint density at radius 3 is 2.72 bits per heavy atom. The van der Waals surface area contributed by atoms with E-state index >= 15 is 0 Å². The van der Waals surface area contributed by atoms with Crippen LogP contribution in [0.2, 0.25) is 0 Å². The molecule has 0 saturated carbocycles. The number of unbranched alkanes of at least 4 members (excludes halogenated alkanes) is 2. The van der Waals surface area contributed by atoms with Crippen LogP contribution in [0.15, 0.2) is 36.5 Å². The first kappa shape index (κ1) is 20.9. The Morgan fingerprint density at radius 1 is 1.21 bits per heavy atom. The number of hydrogen-bond donors (Lipinski definition) is 3. The molecule has 29 heavy (non-hydrogen) atoms. The number of carbonyl (C=O) groups excluding carboxylic acids is 1. The molecule has 1 aliphatic heterocycles. The molecule has 2 heterocycles. The van der Waals surface area contributed by atoms with E-state index < -0.39 is 5.97 Å². The van der Waals surface area contributed by atoms with Gasteiger partial charge in [-0.15, -0.1) is 5.10 Å². The lowest BCUT2D eigenvalue weighted by Crippen LogP contribution is -2.31. The van der Waals surface area contributed by atoms with E-state index in [1.165, 1.54) is 16.4 Å².